The number of hydrogen-bond donors (Lipinski definition) is 1. The third-order valence-corrected chi connectivity index (χ3v) is 3.85. The first kappa shape index (κ1) is 17.9. The van der Waals surface area contributed by atoms with E-state index in [9.17, 15) is 4.79 Å². The molecule has 7 heteroatoms. The van der Waals surface area contributed by atoms with Gasteiger partial charge in [-0.25, -0.2) is 0 Å². The highest BCUT2D eigenvalue weighted by molar-refractivity contribution is 5.84. The van der Waals surface area contributed by atoms with Crippen LogP contribution >= 0.6 is 0 Å². The quantitative estimate of drug-likeness (QED) is 0.668. The summed E-state index contributed by atoms with van der Waals surface area (Å²) in [4.78, 5) is 16.4. The molecule has 2 aromatic carbocycles. The molecule has 0 radical (unpaired) electrons. The molecule has 1 atom stereocenters. The van der Waals surface area contributed by atoms with Crippen LogP contribution in [0.1, 0.15) is 18.6 Å². The number of aromatic nitrogens is 2. The number of carbonyl (C=O) groups excluding carboxylic acids is 1. The first-order valence-electron chi connectivity index (χ1n) is 8.39. The van der Waals surface area contributed by atoms with Crippen molar-refractivity contribution in [1.29, 1.82) is 0 Å². The Hall–Kier alpha value is -2.93. The minimum Gasteiger partial charge on any atom is -0.481 e. The summed E-state index contributed by atoms with van der Waals surface area (Å²) in [6.45, 7) is 2.39. The van der Waals surface area contributed by atoms with E-state index >= 15 is 0 Å². The highest BCUT2D eigenvalue weighted by Gasteiger charge is 2.16. The van der Waals surface area contributed by atoms with Gasteiger partial charge in [-0.2, -0.15) is 4.98 Å². The molecule has 1 heterocycles. The fraction of sp³-hybridized carbons (Fsp3) is 0.316. The van der Waals surface area contributed by atoms with Gasteiger partial charge in [-0.15, -0.1) is 0 Å². The molecule has 0 fully saturated rings. The second-order valence-electron chi connectivity index (χ2n) is 5.83. The molecular weight excluding hydrogens is 334 g/mol. The van der Waals surface area contributed by atoms with Crippen LogP contribution in [0.2, 0.25) is 0 Å². The van der Waals surface area contributed by atoms with Crippen molar-refractivity contribution in [3.63, 3.8) is 0 Å². The van der Waals surface area contributed by atoms with E-state index in [0.717, 1.165) is 10.8 Å². The number of rotatable bonds is 8. The van der Waals surface area contributed by atoms with E-state index in [1.165, 1.54) is 0 Å². The van der Waals surface area contributed by atoms with Gasteiger partial charge in [0.2, 0.25) is 5.89 Å². The standard InChI is InChI=1S/C19H21N3O4/c1-13(25-16-8-7-14-5-3-4-6-15(14)11-16)19(23)20-12-17-21-18(26-22-17)9-10-24-2/h3-8,11,13H,9-10,12H2,1-2H3,(H,20,23). The van der Waals surface area contributed by atoms with Crippen LogP contribution in [0.4, 0.5) is 0 Å². The molecule has 1 amide bonds. The molecule has 3 aromatic rings. The largest absolute Gasteiger partial charge is 0.481 e. The molecular formula is C19H21N3O4. The lowest BCUT2D eigenvalue weighted by molar-refractivity contribution is -0.127. The molecule has 3 rings (SSSR count). The van der Waals surface area contributed by atoms with Crippen LogP contribution < -0.4 is 10.1 Å². The van der Waals surface area contributed by atoms with E-state index in [1.54, 1.807) is 14.0 Å². The first-order chi connectivity index (χ1) is 12.7. The van der Waals surface area contributed by atoms with E-state index in [2.05, 4.69) is 15.5 Å². The van der Waals surface area contributed by atoms with Crippen LogP contribution in [0.5, 0.6) is 5.75 Å². The van der Waals surface area contributed by atoms with Gasteiger partial charge in [0.05, 0.1) is 19.6 Å². The van der Waals surface area contributed by atoms with Gasteiger partial charge in [0.1, 0.15) is 5.75 Å². The number of amides is 1. The number of benzene rings is 2. The summed E-state index contributed by atoms with van der Waals surface area (Å²) >= 11 is 0. The summed E-state index contributed by atoms with van der Waals surface area (Å²) in [5, 5.41) is 8.75. The predicted octanol–water partition coefficient (Wildman–Crippen LogP) is 2.50. The topological polar surface area (TPSA) is 86.5 Å². The molecule has 136 valence electrons. The van der Waals surface area contributed by atoms with Gasteiger partial charge in [-0.3, -0.25) is 4.79 Å². The maximum absolute atomic E-state index is 12.2. The van der Waals surface area contributed by atoms with Gasteiger partial charge >= 0.3 is 0 Å². The predicted molar refractivity (Wildman–Crippen MR) is 95.8 cm³/mol. The molecule has 0 aliphatic carbocycles. The van der Waals surface area contributed by atoms with Crippen molar-refractivity contribution in [2.75, 3.05) is 13.7 Å². The first-order valence-corrected chi connectivity index (χ1v) is 8.39. The number of nitrogens with zero attached hydrogens (tertiary/aromatic N) is 2. The van der Waals surface area contributed by atoms with Gasteiger partial charge < -0.3 is 19.3 Å². The third kappa shape index (κ3) is 4.58. The van der Waals surface area contributed by atoms with Crippen LogP contribution in [-0.2, 0) is 22.5 Å². The van der Waals surface area contributed by atoms with Crippen LogP contribution in [0.3, 0.4) is 0 Å². The average Bonchev–Trinajstić information content (AvgIpc) is 3.12. The van der Waals surface area contributed by atoms with E-state index in [-0.39, 0.29) is 12.5 Å². The van der Waals surface area contributed by atoms with Gasteiger partial charge in [0.25, 0.3) is 5.91 Å². The van der Waals surface area contributed by atoms with E-state index < -0.39 is 6.10 Å². The number of ether oxygens (including phenoxy) is 2. The lowest BCUT2D eigenvalue weighted by atomic mass is 10.1. The third-order valence-electron chi connectivity index (χ3n) is 3.85. The monoisotopic (exact) mass is 355 g/mol. The van der Waals surface area contributed by atoms with E-state index in [0.29, 0.717) is 30.5 Å². The maximum atomic E-state index is 12.2. The summed E-state index contributed by atoms with van der Waals surface area (Å²) in [6, 6.07) is 13.7. The number of nitrogens with one attached hydrogen (secondary N) is 1. The number of fused-ring (bicyclic) bond motifs is 1. The Morgan fingerprint density at radius 3 is 2.85 bits per heavy atom. The van der Waals surface area contributed by atoms with Crippen molar-refractivity contribution in [2.45, 2.75) is 26.0 Å². The molecule has 0 saturated carbocycles. The van der Waals surface area contributed by atoms with Gasteiger partial charge in [-0.05, 0) is 29.8 Å². The van der Waals surface area contributed by atoms with Crippen molar-refractivity contribution >= 4 is 16.7 Å². The van der Waals surface area contributed by atoms with Crippen LogP contribution in [0.25, 0.3) is 10.8 Å². The van der Waals surface area contributed by atoms with Crippen molar-refractivity contribution in [3.8, 4) is 5.75 Å². The van der Waals surface area contributed by atoms with Gasteiger partial charge in [0.15, 0.2) is 11.9 Å². The lowest BCUT2D eigenvalue weighted by Gasteiger charge is -2.14. The van der Waals surface area contributed by atoms with Crippen molar-refractivity contribution in [2.24, 2.45) is 0 Å². The molecule has 0 spiro atoms. The summed E-state index contributed by atoms with van der Waals surface area (Å²) in [7, 11) is 1.61. The molecule has 0 bridgehead atoms. The number of methoxy groups -OCH3 is 1. The van der Waals surface area contributed by atoms with Crippen LogP contribution in [0.15, 0.2) is 47.0 Å². The Bertz CT molecular complexity index is 878. The maximum Gasteiger partial charge on any atom is 0.261 e. The van der Waals surface area contributed by atoms with Gasteiger partial charge in [-0.1, -0.05) is 35.5 Å². The second-order valence-corrected chi connectivity index (χ2v) is 5.83. The fourth-order valence-corrected chi connectivity index (χ4v) is 2.46. The van der Waals surface area contributed by atoms with Crippen molar-refractivity contribution < 1.29 is 18.8 Å². The molecule has 1 aromatic heterocycles. The average molecular weight is 355 g/mol. The van der Waals surface area contributed by atoms with Crippen molar-refractivity contribution in [3.05, 3.63) is 54.2 Å². The summed E-state index contributed by atoms with van der Waals surface area (Å²) in [5.74, 6) is 1.30. The zero-order valence-electron chi connectivity index (χ0n) is 14.8. The Morgan fingerprint density at radius 2 is 2.04 bits per heavy atom. The molecule has 1 unspecified atom stereocenters. The van der Waals surface area contributed by atoms with Crippen LogP contribution in [0, 0.1) is 0 Å². The molecule has 7 nitrogen and oxygen atoms in total. The smallest absolute Gasteiger partial charge is 0.261 e. The summed E-state index contributed by atoms with van der Waals surface area (Å²) in [6.07, 6.45) is -0.102. The molecule has 26 heavy (non-hydrogen) atoms. The number of hydrogen-bond acceptors (Lipinski definition) is 6. The Balaban J connectivity index is 1.53. The van der Waals surface area contributed by atoms with E-state index in [1.807, 2.05) is 42.5 Å². The Kier molecular flexibility index (Phi) is 5.80. The minimum atomic E-state index is -0.643. The summed E-state index contributed by atoms with van der Waals surface area (Å²) < 4.78 is 15.8. The molecule has 0 aliphatic heterocycles. The number of carbonyl (C=O) groups is 1. The normalized spacial score (nSPS) is 12.1. The highest BCUT2D eigenvalue weighted by Crippen LogP contribution is 2.21. The highest BCUT2D eigenvalue weighted by atomic mass is 16.5. The lowest BCUT2D eigenvalue weighted by Crippen LogP contribution is -2.36. The summed E-state index contributed by atoms with van der Waals surface area (Å²) in [5.41, 5.74) is 0. The van der Waals surface area contributed by atoms with E-state index in [4.69, 9.17) is 14.0 Å². The SMILES string of the molecule is COCCc1nc(CNC(=O)C(C)Oc2ccc3ccccc3c2)no1. The van der Waals surface area contributed by atoms with Crippen molar-refractivity contribution in [1.82, 2.24) is 15.5 Å². The Labute approximate surface area is 151 Å². The molecule has 0 saturated heterocycles. The zero-order valence-corrected chi connectivity index (χ0v) is 14.8. The minimum absolute atomic E-state index is 0.181. The molecule has 0 aliphatic rings. The van der Waals surface area contributed by atoms with Crippen LogP contribution in [-0.4, -0.2) is 35.9 Å². The zero-order chi connectivity index (χ0) is 18.4. The molecule has 1 N–H and O–H groups in total. The van der Waals surface area contributed by atoms with Gasteiger partial charge in [0, 0.05) is 7.11 Å². The second kappa shape index (κ2) is 8.44. The Morgan fingerprint density at radius 1 is 1.23 bits per heavy atom. The fourth-order valence-electron chi connectivity index (χ4n) is 2.46.